The highest BCUT2D eigenvalue weighted by Gasteiger charge is 2.63. The fourth-order valence-electron chi connectivity index (χ4n) is 5.62. The molecule has 7 heteroatoms. The van der Waals surface area contributed by atoms with Crippen molar-refractivity contribution in [1.82, 2.24) is 0 Å². The second-order valence-corrected chi connectivity index (χ2v) is 8.88. The minimum absolute atomic E-state index is 0.00616. The summed E-state index contributed by atoms with van der Waals surface area (Å²) >= 11 is 0. The van der Waals surface area contributed by atoms with E-state index in [2.05, 4.69) is 0 Å². The van der Waals surface area contributed by atoms with Crippen LogP contribution in [0.5, 0.6) is 0 Å². The summed E-state index contributed by atoms with van der Waals surface area (Å²) in [4.78, 5) is 44.6. The molecule has 0 bridgehead atoms. The molecule has 0 fully saturated rings. The molecule has 2 aliphatic heterocycles. The van der Waals surface area contributed by atoms with Gasteiger partial charge in [-0.2, -0.15) is 0 Å². The fourth-order valence-corrected chi connectivity index (χ4v) is 5.62. The van der Waals surface area contributed by atoms with Crippen molar-refractivity contribution in [3.8, 4) is 0 Å². The van der Waals surface area contributed by atoms with E-state index < -0.39 is 11.4 Å². The Bertz CT molecular complexity index is 1310. The van der Waals surface area contributed by atoms with Crippen LogP contribution in [0.2, 0.25) is 0 Å². The number of carbonyl (C=O) groups excluding carboxylic acids is 3. The summed E-state index contributed by atoms with van der Waals surface area (Å²) in [6, 6.07) is 15.0. The van der Waals surface area contributed by atoms with Crippen LogP contribution >= 0.6 is 0 Å². The Morgan fingerprint density at radius 3 is 2.62 bits per heavy atom. The van der Waals surface area contributed by atoms with Gasteiger partial charge in [-0.25, -0.2) is 4.79 Å². The molecule has 1 amide bonds. The van der Waals surface area contributed by atoms with E-state index >= 15 is 0 Å². The smallest absolute Gasteiger partial charge is 0.339 e. The number of carbonyl (C=O) groups is 3. The third-order valence-corrected chi connectivity index (χ3v) is 6.94. The van der Waals surface area contributed by atoms with E-state index in [1.165, 1.54) is 4.90 Å². The summed E-state index contributed by atoms with van der Waals surface area (Å²) < 4.78 is 5.45. The summed E-state index contributed by atoms with van der Waals surface area (Å²) in [6.45, 7) is 3.78. The zero-order valence-corrected chi connectivity index (χ0v) is 19.6. The Morgan fingerprint density at radius 1 is 1.12 bits per heavy atom. The maximum Gasteiger partial charge on any atom is 0.339 e. The summed E-state index contributed by atoms with van der Waals surface area (Å²) in [6.07, 6.45) is 1.51. The lowest BCUT2D eigenvalue weighted by atomic mass is 9.63. The first-order valence-corrected chi connectivity index (χ1v) is 11.5. The van der Waals surface area contributed by atoms with Crippen molar-refractivity contribution in [2.24, 2.45) is 5.73 Å². The molecule has 174 valence electrons. The first-order valence-electron chi connectivity index (χ1n) is 11.5. The molecule has 7 nitrogen and oxygen atoms in total. The van der Waals surface area contributed by atoms with Crippen LogP contribution in [0.3, 0.4) is 0 Å². The monoisotopic (exact) mass is 457 g/mol. The van der Waals surface area contributed by atoms with Crippen LogP contribution in [0.25, 0.3) is 0 Å². The number of aryl methyl sites for hydroxylation is 1. The zero-order chi connectivity index (χ0) is 24.2. The number of fused-ring (bicyclic) bond motifs is 3. The van der Waals surface area contributed by atoms with E-state index in [-0.39, 0.29) is 29.7 Å². The molecule has 3 aliphatic rings. The Hall–Kier alpha value is -3.87. The Balaban J connectivity index is 1.92. The van der Waals surface area contributed by atoms with Gasteiger partial charge in [0.25, 0.3) is 0 Å². The van der Waals surface area contributed by atoms with Crippen LogP contribution in [0.4, 0.5) is 11.4 Å². The lowest BCUT2D eigenvalue weighted by molar-refractivity contribution is -0.140. The average Bonchev–Trinajstić information content (AvgIpc) is 3.02. The number of para-hydroxylation sites is 1. The first-order chi connectivity index (χ1) is 16.3. The number of likely N-dealkylation sites (N-methyl/N-ethyl adjacent to an activating group) is 1. The lowest BCUT2D eigenvalue weighted by Crippen LogP contribution is -2.54. The van der Waals surface area contributed by atoms with Crippen LogP contribution in [0, 0.1) is 6.92 Å². The molecule has 0 aromatic heterocycles. The van der Waals surface area contributed by atoms with Gasteiger partial charge in [0.15, 0.2) is 5.78 Å². The minimum Gasteiger partial charge on any atom is -0.462 e. The maximum atomic E-state index is 14.1. The third-order valence-electron chi connectivity index (χ3n) is 6.94. The molecule has 2 aromatic rings. The molecular weight excluding hydrogens is 430 g/mol. The fraction of sp³-hybridized carbons (Fsp3) is 0.296. The quantitative estimate of drug-likeness (QED) is 0.710. The Kier molecular flexibility index (Phi) is 5.08. The van der Waals surface area contributed by atoms with E-state index in [4.69, 9.17) is 10.5 Å². The molecule has 2 N–H and O–H groups in total. The number of anilines is 2. The number of hydrogen-bond donors (Lipinski definition) is 1. The minimum atomic E-state index is -1.63. The van der Waals surface area contributed by atoms with E-state index in [1.54, 1.807) is 24.9 Å². The predicted molar refractivity (Wildman–Crippen MR) is 129 cm³/mol. The Labute approximate surface area is 198 Å². The van der Waals surface area contributed by atoms with Crippen LogP contribution in [0.15, 0.2) is 71.2 Å². The molecule has 1 spiro atoms. The highest BCUT2D eigenvalue weighted by atomic mass is 16.5. The molecule has 1 unspecified atom stereocenters. The van der Waals surface area contributed by atoms with E-state index in [9.17, 15) is 14.4 Å². The van der Waals surface area contributed by atoms with Gasteiger partial charge >= 0.3 is 5.97 Å². The topological polar surface area (TPSA) is 92.9 Å². The number of allylic oxidation sites excluding steroid dienone is 1. The van der Waals surface area contributed by atoms with Crippen molar-refractivity contribution in [3.05, 3.63) is 82.3 Å². The van der Waals surface area contributed by atoms with Crippen molar-refractivity contribution in [1.29, 1.82) is 0 Å². The average molecular weight is 458 g/mol. The van der Waals surface area contributed by atoms with E-state index in [1.807, 2.05) is 49.4 Å². The van der Waals surface area contributed by atoms with Gasteiger partial charge < -0.3 is 15.4 Å². The third kappa shape index (κ3) is 2.79. The number of Topliss-reactive ketones (excluding diaryl/α,β-unsaturated/α-hetero) is 1. The van der Waals surface area contributed by atoms with Gasteiger partial charge in [-0.1, -0.05) is 30.3 Å². The number of ketones is 1. The molecule has 0 saturated carbocycles. The highest BCUT2D eigenvalue weighted by Crippen LogP contribution is 2.56. The molecule has 0 saturated heterocycles. The summed E-state index contributed by atoms with van der Waals surface area (Å²) in [5.41, 5.74) is 9.16. The number of ether oxygens (including phenoxy) is 1. The van der Waals surface area contributed by atoms with Crippen molar-refractivity contribution < 1.29 is 19.1 Å². The SMILES string of the molecule is CCOC(=O)C1=C(N)N(c2cccc(C)c2)C2=C(C(=O)CCC2)C12C(=O)N(C)c1ccccc12. The van der Waals surface area contributed by atoms with Crippen molar-refractivity contribution >= 4 is 29.0 Å². The second kappa shape index (κ2) is 7.87. The van der Waals surface area contributed by atoms with Crippen LogP contribution in [-0.4, -0.2) is 31.3 Å². The van der Waals surface area contributed by atoms with Crippen molar-refractivity contribution in [2.75, 3.05) is 23.5 Å². The number of nitrogens with two attached hydrogens (primary N) is 1. The summed E-state index contributed by atoms with van der Waals surface area (Å²) in [5, 5.41) is 0. The lowest BCUT2D eigenvalue weighted by Gasteiger charge is -2.44. The van der Waals surface area contributed by atoms with Gasteiger partial charge in [0.1, 0.15) is 16.8 Å². The molecule has 2 aromatic carbocycles. The number of esters is 1. The Morgan fingerprint density at radius 2 is 1.88 bits per heavy atom. The van der Waals surface area contributed by atoms with Gasteiger partial charge in [0, 0.05) is 41.7 Å². The van der Waals surface area contributed by atoms with Crippen molar-refractivity contribution in [3.63, 3.8) is 0 Å². The molecule has 1 aliphatic carbocycles. The van der Waals surface area contributed by atoms with E-state index in [0.717, 1.165) is 11.3 Å². The van der Waals surface area contributed by atoms with Gasteiger partial charge in [0.2, 0.25) is 5.91 Å². The molecule has 0 radical (unpaired) electrons. The zero-order valence-electron chi connectivity index (χ0n) is 19.6. The number of benzene rings is 2. The van der Waals surface area contributed by atoms with Crippen molar-refractivity contribution in [2.45, 2.75) is 38.5 Å². The number of nitrogens with zero attached hydrogens (tertiary/aromatic N) is 2. The second-order valence-electron chi connectivity index (χ2n) is 8.88. The maximum absolute atomic E-state index is 14.1. The molecule has 2 heterocycles. The molecule has 5 rings (SSSR count). The number of hydrogen-bond acceptors (Lipinski definition) is 6. The molecule has 34 heavy (non-hydrogen) atoms. The predicted octanol–water partition coefficient (Wildman–Crippen LogP) is 3.47. The van der Waals surface area contributed by atoms with Gasteiger partial charge in [0.05, 0.1) is 6.61 Å². The largest absolute Gasteiger partial charge is 0.462 e. The van der Waals surface area contributed by atoms with Gasteiger partial charge in [-0.3, -0.25) is 14.5 Å². The van der Waals surface area contributed by atoms with E-state index in [0.29, 0.717) is 41.8 Å². The normalized spacial score (nSPS) is 21.9. The van der Waals surface area contributed by atoms with Crippen LogP contribution < -0.4 is 15.5 Å². The van der Waals surface area contributed by atoms with Crippen LogP contribution in [0.1, 0.15) is 37.3 Å². The number of amides is 1. The summed E-state index contributed by atoms with van der Waals surface area (Å²) in [7, 11) is 1.66. The first kappa shape index (κ1) is 21.9. The highest BCUT2D eigenvalue weighted by molar-refractivity contribution is 6.24. The van der Waals surface area contributed by atoms with Gasteiger partial charge in [-0.15, -0.1) is 0 Å². The standard InChI is InChI=1S/C27H27N3O4/c1-4-34-25(32)23-24(28)30(17-10-7-9-16(2)15-17)20-13-8-14-21(31)22(20)27(23)18-11-5-6-12-19(18)29(3)26(27)33/h5-7,9-12,15H,4,8,13-14,28H2,1-3H3. The number of rotatable bonds is 3. The molecule has 1 atom stereocenters. The molecular formula is C27H27N3O4. The van der Waals surface area contributed by atoms with Crippen LogP contribution in [-0.2, 0) is 24.5 Å². The van der Waals surface area contributed by atoms with Gasteiger partial charge in [-0.05, 0) is 50.5 Å². The summed E-state index contributed by atoms with van der Waals surface area (Å²) in [5.74, 6) is -1.09.